The lowest BCUT2D eigenvalue weighted by molar-refractivity contribution is -0.129. The Hall–Kier alpha value is -4.52. The molecule has 1 N–H and O–H groups in total. The van der Waals surface area contributed by atoms with Crippen molar-refractivity contribution in [3.05, 3.63) is 101 Å². The van der Waals surface area contributed by atoms with Crippen LogP contribution in [0.5, 0.6) is 11.5 Å². The number of ether oxygens (including phenoxy) is 2. The maximum absolute atomic E-state index is 13.6. The van der Waals surface area contributed by atoms with Gasteiger partial charge in [0, 0.05) is 40.7 Å². The Bertz CT molecular complexity index is 1600. The Morgan fingerprint density at radius 2 is 1.72 bits per heavy atom. The topological polar surface area (TPSA) is 66.4 Å². The molecule has 1 unspecified atom stereocenters. The highest BCUT2D eigenvalue weighted by atomic mass is 16.5. The number of benzene rings is 2. The van der Waals surface area contributed by atoms with Crippen LogP contribution < -0.4 is 19.7 Å². The average Bonchev–Trinajstić information content (AvgIpc) is 3.39. The molecule has 0 bridgehead atoms. The molecule has 0 saturated heterocycles. The lowest BCUT2D eigenvalue weighted by Gasteiger charge is -2.32. The molecule has 0 fully saturated rings. The van der Waals surface area contributed by atoms with E-state index in [1.54, 1.807) is 12.1 Å². The first-order valence-corrected chi connectivity index (χ1v) is 16.8. The molecular formula is C39H48N4O3. The van der Waals surface area contributed by atoms with E-state index in [0.29, 0.717) is 17.9 Å². The van der Waals surface area contributed by atoms with Gasteiger partial charge < -0.3 is 19.7 Å². The number of nitrogens with zero attached hydrogens (tertiary/aromatic N) is 3. The standard InChI is InChI=1S/C39H48N4O3/c1-6-8-9-10-11-16-26-46-31-21-22-36(45-5)34(27-31)37-28(3)39(44)43-38(40-37)32(29(4)41-43)18-13-12-17-30-23-25-42(24-7-2)35-20-15-14-19-33(30)35/h12-15,17-23,25,27,38,40H,6-11,16,24,26H2,1-5H3/b13-12+,30-17+,32-18-. The van der Waals surface area contributed by atoms with Crippen LogP contribution in [-0.2, 0) is 4.79 Å². The van der Waals surface area contributed by atoms with Crippen molar-refractivity contribution in [2.24, 2.45) is 5.10 Å². The van der Waals surface area contributed by atoms with Gasteiger partial charge in [0.25, 0.3) is 5.91 Å². The summed E-state index contributed by atoms with van der Waals surface area (Å²) in [5, 5.41) is 9.78. The number of methoxy groups -OCH3 is 1. The molecule has 7 nitrogen and oxygen atoms in total. The van der Waals surface area contributed by atoms with Crippen LogP contribution in [0.15, 0.2) is 95.3 Å². The number of carbonyl (C=O) groups excluding carboxylic acids is 1. The van der Waals surface area contributed by atoms with E-state index in [-0.39, 0.29) is 5.91 Å². The van der Waals surface area contributed by atoms with Crippen molar-refractivity contribution in [3.8, 4) is 11.5 Å². The lowest BCUT2D eigenvalue weighted by Crippen LogP contribution is -2.48. The zero-order valence-electron chi connectivity index (χ0n) is 28.0. The molecule has 2 aromatic carbocycles. The number of allylic oxidation sites excluding steroid dienone is 6. The number of rotatable bonds is 14. The van der Waals surface area contributed by atoms with Gasteiger partial charge in [0.1, 0.15) is 11.5 Å². The summed E-state index contributed by atoms with van der Waals surface area (Å²) in [5.41, 5.74) is 7.47. The number of para-hydroxylation sites is 1. The zero-order chi connectivity index (χ0) is 32.5. The molecule has 0 aromatic heterocycles. The van der Waals surface area contributed by atoms with Gasteiger partial charge in [-0.05, 0) is 62.6 Å². The second-order valence-electron chi connectivity index (χ2n) is 12.0. The maximum atomic E-state index is 13.6. The normalized spacial score (nSPS) is 19.2. The van der Waals surface area contributed by atoms with Crippen LogP contribution in [-0.4, -0.2) is 43.1 Å². The third-order valence-electron chi connectivity index (χ3n) is 8.69. The highest BCUT2D eigenvalue weighted by molar-refractivity contribution is 6.09. The van der Waals surface area contributed by atoms with E-state index in [4.69, 9.17) is 9.47 Å². The molecule has 0 saturated carbocycles. The molecule has 242 valence electrons. The van der Waals surface area contributed by atoms with E-state index in [2.05, 4.69) is 77.9 Å². The second kappa shape index (κ2) is 15.7. The first-order valence-electron chi connectivity index (χ1n) is 16.8. The number of amides is 1. The van der Waals surface area contributed by atoms with E-state index in [0.717, 1.165) is 53.3 Å². The predicted molar refractivity (Wildman–Crippen MR) is 190 cm³/mol. The molecule has 1 amide bonds. The Kier molecular flexibility index (Phi) is 11.2. The molecule has 0 radical (unpaired) electrons. The van der Waals surface area contributed by atoms with Gasteiger partial charge in [0.05, 0.1) is 25.1 Å². The van der Waals surface area contributed by atoms with Crippen molar-refractivity contribution < 1.29 is 14.3 Å². The molecule has 0 spiro atoms. The highest BCUT2D eigenvalue weighted by Crippen LogP contribution is 2.37. The quantitative estimate of drug-likeness (QED) is 0.214. The Balaban J connectivity index is 1.33. The van der Waals surface area contributed by atoms with Crippen LogP contribution in [0.25, 0.3) is 11.3 Å². The van der Waals surface area contributed by atoms with Crippen molar-refractivity contribution in [2.75, 3.05) is 25.2 Å². The Labute approximate surface area is 274 Å². The maximum Gasteiger partial charge on any atom is 0.274 e. The SMILES string of the molecule is CCCCCCCCOc1ccc(OC)c(C2=C(C)C(=O)N3N=C(C)/C(=C/C=C/C=C4\C=CN(CCC)c5ccccc54)C3N2)c1. The average molecular weight is 621 g/mol. The second-order valence-corrected chi connectivity index (χ2v) is 12.0. The van der Waals surface area contributed by atoms with Crippen LogP contribution in [0, 0.1) is 0 Å². The number of hydrogen-bond donors (Lipinski definition) is 1. The van der Waals surface area contributed by atoms with Crippen LogP contribution >= 0.6 is 0 Å². The number of fused-ring (bicyclic) bond motifs is 2. The summed E-state index contributed by atoms with van der Waals surface area (Å²) in [4.78, 5) is 15.9. The van der Waals surface area contributed by atoms with Gasteiger partial charge in [0.15, 0.2) is 6.17 Å². The fraction of sp³-hybridized carbons (Fsp3) is 0.385. The summed E-state index contributed by atoms with van der Waals surface area (Å²) in [6, 6.07) is 14.3. The predicted octanol–water partition coefficient (Wildman–Crippen LogP) is 8.62. The third kappa shape index (κ3) is 7.30. The minimum atomic E-state index is -0.418. The first-order chi connectivity index (χ1) is 22.5. The molecule has 5 rings (SSSR count). The lowest BCUT2D eigenvalue weighted by atomic mass is 9.99. The van der Waals surface area contributed by atoms with Crippen molar-refractivity contribution in [2.45, 2.75) is 78.8 Å². The van der Waals surface area contributed by atoms with Crippen LogP contribution in [0.3, 0.4) is 0 Å². The van der Waals surface area contributed by atoms with Gasteiger partial charge in [-0.1, -0.05) is 88.5 Å². The van der Waals surface area contributed by atoms with Crippen molar-refractivity contribution in [3.63, 3.8) is 0 Å². The summed E-state index contributed by atoms with van der Waals surface area (Å²) in [6.45, 7) is 9.86. The molecule has 3 aliphatic heterocycles. The van der Waals surface area contributed by atoms with Gasteiger partial charge >= 0.3 is 0 Å². The molecule has 7 heteroatoms. The van der Waals surface area contributed by atoms with Gasteiger partial charge in [-0.3, -0.25) is 4.79 Å². The van der Waals surface area contributed by atoms with Crippen LogP contribution in [0.2, 0.25) is 0 Å². The fourth-order valence-electron chi connectivity index (χ4n) is 6.18. The molecule has 2 aromatic rings. The number of anilines is 1. The molecule has 1 atom stereocenters. The van der Waals surface area contributed by atoms with Crippen LogP contribution in [0.1, 0.15) is 83.8 Å². The van der Waals surface area contributed by atoms with Gasteiger partial charge in [0.2, 0.25) is 0 Å². The summed E-state index contributed by atoms with van der Waals surface area (Å²) < 4.78 is 11.9. The van der Waals surface area contributed by atoms with E-state index < -0.39 is 6.17 Å². The van der Waals surface area contributed by atoms with Gasteiger partial charge in [-0.25, -0.2) is 5.01 Å². The number of carbonyl (C=O) groups is 1. The van der Waals surface area contributed by atoms with Crippen LogP contribution in [0.4, 0.5) is 5.69 Å². The molecule has 3 aliphatic rings. The number of hydrogen-bond acceptors (Lipinski definition) is 6. The molecular weight excluding hydrogens is 572 g/mol. The first kappa shape index (κ1) is 32.9. The number of nitrogens with one attached hydrogen (secondary N) is 1. The largest absolute Gasteiger partial charge is 0.496 e. The zero-order valence-corrected chi connectivity index (χ0v) is 28.0. The summed E-state index contributed by atoms with van der Waals surface area (Å²) >= 11 is 0. The fourth-order valence-corrected chi connectivity index (χ4v) is 6.18. The summed E-state index contributed by atoms with van der Waals surface area (Å²) in [6.07, 6.45) is 20.5. The smallest absolute Gasteiger partial charge is 0.274 e. The monoisotopic (exact) mass is 620 g/mol. The van der Waals surface area contributed by atoms with E-state index in [9.17, 15) is 4.79 Å². The molecule has 0 aliphatic carbocycles. The van der Waals surface area contributed by atoms with Gasteiger partial charge in [-0.15, -0.1) is 0 Å². The Morgan fingerprint density at radius 3 is 2.52 bits per heavy atom. The van der Waals surface area contributed by atoms with E-state index in [1.807, 2.05) is 44.2 Å². The van der Waals surface area contributed by atoms with E-state index >= 15 is 0 Å². The van der Waals surface area contributed by atoms with Crippen molar-refractivity contribution in [1.29, 1.82) is 0 Å². The summed E-state index contributed by atoms with van der Waals surface area (Å²) in [5.74, 6) is 1.32. The highest BCUT2D eigenvalue weighted by Gasteiger charge is 2.40. The minimum Gasteiger partial charge on any atom is -0.496 e. The minimum absolute atomic E-state index is 0.131. The molecule has 3 heterocycles. The van der Waals surface area contributed by atoms with Crippen molar-refractivity contribution in [1.82, 2.24) is 10.3 Å². The Morgan fingerprint density at radius 1 is 0.935 bits per heavy atom. The van der Waals surface area contributed by atoms with Crippen molar-refractivity contribution >= 4 is 28.6 Å². The molecule has 46 heavy (non-hydrogen) atoms. The van der Waals surface area contributed by atoms with E-state index in [1.165, 1.54) is 43.4 Å². The van der Waals surface area contributed by atoms with Gasteiger partial charge in [-0.2, -0.15) is 5.10 Å². The summed E-state index contributed by atoms with van der Waals surface area (Å²) in [7, 11) is 1.65. The number of unbranched alkanes of at least 4 members (excludes halogenated alkanes) is 5. The number of hydrazone groups is 1. The third-order valence-corrected chi connectivity index (χ3v) is 8.69.